The number of carbonyl (C=O) groups is 2. The molecule has 0 aliphatic heterocycles. The Morgan fingerprint density at radius 3 is 2.23 bits per heavy atom. The number of esters is 1. The highest BCUT2D eigenvalue weighted by molar-refractivity contribution is 5.98. The van der Waals surface area contributed by atoms with Crippen LogP contribution in [0.4, 0.5) is 11.4 Å². The molecule has 6 nitrogen and oxygen atoms in total. The van der Waals surface area contributed by atoms with Gasteiger partial charge in [0.15, 0.2) is 0 Å². The summed E-state index contributed by atoms with van der Waals surface area (Å²) in [6.07, 6.45) is 0. The Balaban J connectivity index is 1.87. The average molecular weight is 404 g/mol. The van der Waals surface area contributed by atoms with E-state index in [1.807, 2.05) is 55.5 Å². The lowest BCUT2D eigenvalue weighted by Gasteiger charge is -2.21. The molecule has 154 valence electrons. The Morgan fingerprint density at radius 1 is 0.900 bits per heavy atom. The van der Waals surface area contributed by atoms with Gasteiger partial charge in [0.05, 0.1) is 25.5 Å². The number of amides is 1. The van der Waals surface area contributed by atoms with Crippen LogP contribution in [-0.2, 0) is 9.53 Å². The van der Waals surface area contributed by atoms with Crippen molar-refractivity contribution in [2.24, 2.45) is 0 Å². The molecule has 3 aromatic rings. The van der Waals surface area contributed by atoms with Crippen LogP contribution >= 0.6 is 0 Å². The van der Waals surface area contributed by atoms with Gasteiger partial charge in [-0.15, -0.1) is 0 Å². The number of nitrogens with one attached hydrogen (secondary N) is 2. The van der Waals surface area contributed by atoms with Gasteiger partial charge in [-0.25, -0.2) is 4.79 Å². The second kappa shape index (κ2) is 9.60. The Hall–Kier alpha value is -3.80. The second-order valence-corrected chi connectivity index (χ2v) is 6.75. The van der Waals surface area contributed by atoms with Crippen molar-refractivity contribution in [2.75, 3.05) is 24.9 Å². The topological polar surface area (TPSA) is 76.7 Å². The van der Waals surface area contributed by atoms with Crippen LogP contribution in [0.3, 0.4) is 0 Å². The number of hydrogen-bond acceptors (Lipinski definition) is 5. The number of methoxy groups -OCH3 is 2. The van der Waals surface area contributed by atoms with Crippen LogP contribution < -0.4 is 15.4 Å². The molecule has 1 atom stereocenters. The maximum absolute atomic E-state index is 13.2. The van der Waals surface area contributed by atoms with Crippen molar-refractivity contribution in [3.63, 3.8) is 0 Å². The number of rotatable bonds is 7. The summed E-state index contributed by atoms with van der Waals surface area (Å²) < 4.78 is 10.1. The van der Waals surface area contributed by atoms with Gasteiger partial charge in [0.2, 0.25) is 0 Å². The smallest absolute Gasteiger partial charge is 0.337 e. The van der Waals surface area contributed by atoms with Gasteiger partial charge in [0.1, 0.15) is 11.8 Å². The fourth-order valence-electron chi connectivity index (χ4n) is 3.06. The van der Waals surface area contributed by atoms with E-state index >= 15 is 0 Å². The molecule has 3 aromatic carbocycles. The van der Waals surface area contributed by atoms with E-state index in [9.17, 15) is 9.59 Å². The van der Waals surface area contributed by atoms with Gasteiger partial charge in [-0.3, -0.25) is 4.79 Å². The zero-order chi connectivity index (χ0) is 21.5. The Kier molecular flexibility index (Phi) is 6.70. The van der Waals surface area contributed by atoms with Crippen molar-refractivity contribution in [3.05, 3.63) is 89.5 Å². The minimum atomic E-state index is -0.652. The summed E-state index contributed by atoms with van der Waals surface area (Å²) >= 11 is 0. The molecule has 0 aliphatic carbocycles. The third-order valence-corrected chi connectivity index (χ3v) is 4.62. The predicted molar refractivity (Wildman–Crippen MR) is 117 cm³/mol. The van der Waals surface area contributed by atoms with Gasteiger partial charge in [0.25, 0.3) is 5.91 Å². The zero-order valence-corrected chi connectivity index (χ0v) is 17.1. The first-order valence-electron chi connectivity index (χ1n) is 9.47. The van der Waals surface area contributed by atoms with E-state index in [4.69, 9.17) is 9.47 Å². The molecule has 3 rings (SSSR count). The van der Waals surface area contributed by atoms with Crippen LogP contribution in [0.1, 0.15) is 27.5 Å². The molecule has 0 radical (unpaired) electrons. The summed E-state index contributed by atoms with van der Waals surface area (Å²) in [5.41, 5.74) is 3.55. The lowest BCUT2D eigenvalue weighted by molar-refractivity contribution is -0.117. The average Bonchev–Trinajstić information content (AvgIpc) is 2.78. The summed E-state index contributed by atoms with van der Waals surface area (Å²) in [6.45, 7) is 1.95. The highest BCUT2D eigenvalue weighted by atomic mass is 16.5. The van der Waals surface area contributed by atoms with E-state index in [2.05, 4.69) is 10.6 Å². The fourth-order valence-corrected chi connectivity index (χ4v) is 3.06. The third-order valence-electron chi connectivity index (χ3n) is 4.62. The Morgan fingerprint density at radius 2 is 1.60 bits per heavy atom. The van der Waals surface area contributed by atoms with Crippen LogP contribution in [0.15, 0.2) is 72.8 Å². The van der Waals surface area contributed by atoms with E-state index in [-0.39, 0.29) is 5.91 Å². The molecule has 0 fully saturated rings. The van der Waals surface area contributed by atoms with Gasteiger partial charge in [0, 0.05) is 5.69 Å². The normalized spacial score (nSPS) is 11.3. The Bertz CT molecular complexity index is 1020. The zero-order valence-electron chi connectivity index (χ0n) is 17.1. The molecule has 2 N–H and O–H groups in total. The summed E-state index contributed by atoms with van der Waals surface area (Å²) in [7, 11) is 2.90. The van der Waals surface area contributed by atoms with Crippen molar-refractivity contribution in [1.29, 1.82) is 0 Å². The molecule has 30 heavy (non-hydrogen) atoms. The SMILES string of the molecule is COC(=O)c1ccc(N[C@H](C(=O)Nc2cc(C)ccc2OC)c2ccccc2)cc1. The monoisotopic (exact) mass is 404 g/mol. The molecule has 0 saturated carbocycles. The predicted octanol–water partition coefficient (Wildman–Crippen LogP) is 4.58. The molecule has 0 spiro atoms. The number of benzene rings is 3. The summed E-state index contributed by atoms with van der Waals surface area (Å²) in [6, 6.07) is 21.2. The minimum absolute atomic E-state index is 0.234. The maximum Gasteiger partial charge on any atom is 0.337 e. The van der Waals surface area contributed by atoms with Crippen LogP contribution in [0.2, 0.25) is 0 Å². The molecule has 0 heterocycles. The van der Waals surface area contributed by atoms with E-state index in [1.165, 1.54) is 7.11 Å². The van der Waals surface area contributed by atoms with Crippen molar-refractivity contribution in [3.8, 4) is 5.75 Å². The number of aryl methyl sites for hydroxylation is 1. The lowest BCUT2D eigenvalue weighted by Crippen LogP contribution is -2.27. The van der Waals surface area contributed by atoms with Gasteiger partial charge in [-0.05, 0) is 54.4 Å². The standard InChI is InChI=1S/C24H24N2O4/c1-16-9-14-21(29-2)20(15-16)26-23(27)22(17-7-5-4-6-8-17)25-19-12-10-18(11-13-19)24(28)30-3/h4-15,22,25H,1-3H3,(H,26,27)/t22-/m0/s1. The fraction of sp³-hybridized carbons (Fsp3) is 0.167. The van der Waals surface area contributed by atoms with Gasteiger partial charge in [-0.2, -0.15) is 0 Å². The number of ether oxygens (including phenoxy) is 2. The summed E-state index contributed by atoms with van der Waals surface area (Å²) in [5, 5.41) is 6.21. The molecule has 0 aliphatic rings. The molecule has 6 heteroatoms. The summed E-state index contributed by atoms with van der Waals surface area (Å²) in [5.74, 6) is -0.0595. The third kappa shape index (κ3) is 4.97. The van der Waals surface area contributed by atoms with E-state index in [1.54, 1.807) is 31.4 Å². The number of hydrogen-bond donors (Lipinski definition) is 2. The van der Waals surface area contributed by atoms with Crippen molar-refractivity contribution in [1.82, 2.24) is 0 Å². The van der Waals surface area contributed by atoms with Crippen LogP contribution in [-0.4, -0.2) is 26.1 Å². The van der Waals surface area contributed by atoms with Gasteiger partial charge in [-0.1, -0.05) is 36.4 Å². The van der Waals surface area contributed by atoms with E-state index in [0.717, 1.165) is 11.1 Å². The van der Waals surface area contributed by atoms with Crippen molar-refractivity contribution in [2.45, 2.75) is 13.0 Å². The Labute approximate surface area is 175 Å². The largest absolute Gasteiger partial charge is 0.495 e. The van der Waals surface area contributed by atoms with E-state index < -0.39 is 12.0 Å². The highest BCUT2D eigenvalue weighted by Crippen LogP contribution is 2.28. The summed E-state index contributed by atoms with van der Waals surface area (Å²) in [4.78, 5) is 24.9. The second-order valence-electron chi connectivity index (χ2n) is 6.75. The molecule has 0 saturated heterocycles. The molecule has 0 bridgehead atoms. The van der Waals surface area contributed by atoms with Crippen LogP contribution in [0.5, 0.6) is 5.75 Å². The quantitative estimate of drug-likeness (QED) is 0.564. The van der Waals surface area contributed by atoms with Crippen LogP contribution in [0.25, 0.3) is 0 Å². The minimum Gasteiger partial charge on any atom is -0.495 e. The highest BCUT2D eigenvalue weighted by Gasteiger charge is 2.22. The number of carbonyl (C=O) groups excluding carboxylic acids is 2. The molecule has 0 aromatic heterocycles. The number of anilines is 2. The van der Waals surface area contributed by atoms with Gasteiger partial charge < -0.3 is 20.1 Å². The molecule has 0 unspecified atom stereocenters. The first-order valence-corrected chi connectivity index (χ1v) is 9.47. The first-order chi connectivity index (χ1) is 14.5. The van der Waals surface area contributed by atoms with Crippen LogP contribution in [0, 0.1) is 6.92 Å². The maximum atomic E-state index is 13.2. The lowest BCUT2D eigenvalue weighted by atomic mass is 10.0. The molecular formula is C24H24N2O4. The molecule has 1 amide bonds. The molecular weight excluding hydrogens is 380 g/mol. The van der Waals surface area contributed by atoms with Crippen molar-refractivity contribution < 1.29 is 19.1 Å². The van der Waals surface area contributed by atoms with Gasteiger partial charge >= 0.3 is 5.97 Å². The van der Waals surface area contributed by atoms with E-state index in [0.29, 0.717) is 22.7 Å². The van der Waals surface area contributed by atoms with Crippen molar-refractivity contribution >= 4 is 23.3 Å². The first kappa shape index (κ1) is 20.9.